The number of carbonyl (C=O) groups excluding carboxylic acids is 1. The van der Waals surface area contributed by atoms with Crippen molar-refractivity contribution in [3.8, 4) is 0 Å². The van der Waals surface area contributed by atoms with Gasteiger partial charge >= 0.3 is 81.3 Å². The first-order valence-electron chi connectivity index (χ1n) is 3.74. The molecule has 0 aromatic heterocycles. The van der Waals surface area contributed by atoms with Crippen LogP contribution in [0.4, 0.5) is 0 Å². The van der Waals surface area contributed by atoms with Crippen LogP contribution in [0.15, 0.2) is 24.3 Å². The number of esters is 1. The van der Waals surface area contributed by atoms with Crippen molar-refractivity contribution in [3.05, 3.63) is 35.4 Å². The summed E-state index contributed by atoms with van der Waals surface area (Å²) in [5.41, 5.74) is 1.90. The van der Waals surface area contributed by atoms with E-state index >= 15 is 0 Å². The van der Waals surface area contributed by atoms with Gasteiger partial charge in [-0.1, -0.05) is 0 Å². The molecule has 0 radical (unpaired) electrons. The monoisotopic (exact) mass is 292 g/mol. The van der Waals surface area contributed by atoms with E-state index in [-0.39, 0.29) is 23.0 Å². The summed E-state index contributed by atoms with van der Waals surface area (Å²) in [4.78, 5) is 11.0. The minimum atomic E-state index is -0.270. The van der Waals surface area contributed by atoms with Crippen LogP contribution in [-0.2, 0) is 28.1 Å². The first-order chi connectivity index (χ1) is 5.77. The largest absolute Gasteiger partial charge is 1.00 e. The van der Waals surface area contributed by atoms with E-state index in [1.165, 1.54) is 31.0 Å². The first-order valence-corrected chi connectivity index (χ1v) is 5.84. The first kappa shape index (κ1) is 12.8. The van der Waals surface area contributed by atoms with E-state index in [1.54, 1.807) is 12.1 Å². The molecule has 4 heteroatoms. The predicted molar refractivity (Wildman–Crippen MR) is 41.5 cm³/mol. The Kier molecular flexibility index (Phi) is 6.18. The van der Waals surface area contributed by atoms with Crippen molar-refractivity contribution in [1.29, 1.82) is 0 Å². The second-order valence-electron chi connectivity index (χ2n) is 2.44. The Hall–Kier alpha value is -0.207. The molecular formula is C9H9BrO2Zn. The zero-order valence-electron chi connectivity index (χ0n) is 7.42. The molecule has 1 aromatic carbocycles. The molecule has 0 saturated carbocycles. The van der Waals surface area contributed by atoms with E-state index in [0.29, 0.717) is 5.56 Å². The van der Waals surface area contributed by atoms with Crippen LogP contribution in [0.25, 0.3) is 0 Å². The van der Waals surface area contributed by atoms with Crippen LogP contribution in [0.3, 0.4) is 0 Å². The zero-order chi connectivity index (χ0) is 8.97. The Morgan fingerprint density at radius 2 is 1.92 bits per heavy atom. The number of rotatable bonds is 2. The molecule has 0 saturated heterocycles. The van der Waals surface area contributed by atoms with Crippen molar-refractivity contribution in [3.63, 3.8) is 0 Å². The van der Waals surface area contributed by atoms with Gasteiger partial charge in [0.25, 0.3) is 0 Å². The molecule has 0 unspecified atom stereocenters. The van der Waals surface area contributed by atoms with Gasteiger partial charge in [-0.3, -0.25) is 0 Å². The molecule has 0 aliphatic carbocycles. The maximum atomic E-state index is 11.0. The number of halogens is 1. The molecular weight excluding hydrogens is 285 g/mol. The molecule has 2 nitrogen and oxygen atoms in total. The van der Waals surface area contributed by atoms with E-state index in [1.807, 2.05) is 12.1 Å². The second kappa shape index (κ2) is 6.28. The van der Waals surface area contributed by atoms with Crippen molar-refractivity contribution in [2.45, 2.75) is 5.02 Å². The third-order valence-electron chi connectivity index (χ3n) is 1.66. The summed E-state index contributed by atoms with van der Waals surface area (Å²) < 4.78 is 4.58. The van der Waals surface area contributed by atoms with E-state index in [4.69, 9.17) is 0 Å². The quantitative estimate of drug-likeness (QED) is 0.491. The third-order valence-corrected chi connectivity index (χ3v) is 2.88. The standard InChI is InChI=1S/C9H9O2.BrH.Zn/c1-7-3-5-8(6-4-7)9(10)11-2;;/h3-6H,1H2,2H3;1H;/q;;+1/p-1. The number of hydrogen-bond donors (Lipinski definition) is 0. The fourth-order valence-electron chi connectivity index (χ4n) is 0.925. The summed E-state index contributed by atoms with van der Waals surface area (Å²) in [7, 11) is 1.39. The smallest absolute Gasteiger partial charge is 1.00 e. The van der Waals surface area contributed by atoms with Crippen molar-refractivity contribution in [2.24, 2.45) is 0 Å². The number of carbonyl (C=O) groups is 1. The minimum absolute atomic E-state index is 0. The Labute approximate surface area is 98.1 Å². The molecule has 0 aliphatic heterocycles. The van der Waals surface area contributed by atoms with Crippen LogP contribution >= 0.6 is 0 Å². The fraction of sp³-hybridized carbons (Fsp3) is 0.222. The zero-order valence-corrected chi connectivity index (χ0v) is 12.0. The number of methoxy groups -OCH3 is 1. The van der Waals surface area contributed by atoms with Crippen LogP contribution in [0.5, 0.6) is 0 Å². The van der Waals surface area contributed by atoms with Gasteiger partial charge in [0.1, 0.15) is 0 Å². The molecule has 0 spiro atoms. The molecule has 1 aromatic rings. The van der Waals surface area contributed by atoms with Gasteiger partial charge in [0.2, 0.25) is 0 Å². The third kappa shape index (κ3) is 3.57. The number of benzene rings is 1. The summed E-state index contributed by atoms with van der Waals surface area (Å²) in [6.45, 7) is 0. The molecule has 66 valence electrons. The van der Waals surface area contributed by atoms with Crippen LogP contribution in [0.2, 0.25) is 0 Å². The molecule has 0 amide bonds. The number of ether oxygens (including phenoxy) is 1. The molecule has 0 N–H and O–H groups in total. The van der Waals surface area contributed by atoms with Crippen molar-refractivity contribution in [2.75, 3.05) is 7.11 Å². The normalized spacial score (nSPS) is 8.85. The Bertz CT molecular complexity index is 271. The molecule has 0 bridgehead atoms. The summed E-state index contributed by atoms with van der Waals surface area (Å²) in [5, 5.41) is 1.11. The van der Waals surface area contributed by atoms with Crippen LogP contribution in [0, 0.1) is 0 Å². The van der Waals surface area contributed by atoms with Gasteiger partial charge in [0.15, 0.2) is 0 Å². The summed E-state index contributed by atoms with van der Waals surface area (Å²) in [6, 6.07) is 7.54. The van der Waals surface area contributed by atoms with Crippen molar-refractivity contribution < 1.29 is 44.8 Å². The van der Waals surface area contributed by atoms with Crippen LogP contribution in [-0.4, -0.2) is 13.1 Å². The summed E-state index contributed by atoms with van der Waals surface area (Å²) in [5.74, 6) is -0.270. The minimum Gasteiger partial charge on any atom is -1.00 e. The van der Waals surface area contributed by atoms with Gasteiger partial charge in [-0.05, 0) is 0 Å². The van der Waals surface area contributed by atoms with E-state index in [9.17, 15) is 4.79 Å². The Morgan fingerprint density at radius 3 is 2.31 bits per heavy atom. The molecule has 0 atom stereocenters. The molecule has 1 rings (SSSR count). The van der Waals surface area contributed by atoms with Gasteiger partial charge in [0, 0.05) is 0 Å². The van der Waals surface area contributed by atoms with E-state index < -0.39 is 0 Å². The molecule has 0 fully saturated rings. The average molecular weight is 294 g/mol. The van der Waals surface area contributed by atoms with Gasteiger partial charge in [-0.2, -0.15) is 0 Å². The summed E-state index contributed by atoms with van der Waals surface area (Å²) in [6.07, 6.45) is 0. The number of hydrogen-bond acceptors (Lipinski definition) is 2. The van der Waals surface area contributed by atoms with Crippen LogP contribution < -0.4 is 17.0 Å². The Balaban J connectivity index is 0.00000144. The van der Waals surface area contributed by atoms with Crippen molar-refractivity contribution >= 4 is 5.97 Å². The molecule has 0 aliphatic rings. The Morgan fingerprint density at radius 1 is 1.38 bits per heavy atom. The van der Waals surface area contributed by atoms with E-state index in [0.717, 1.165) is 5.02 Å². The van der Waals surface area contributed by atoms with Crippen molar-refractivity contribution in [1.82, 2.24) is 0 Å². The maximum absolute atomic E-state index is 11.0. The predicted octanol–water partition coefficient (Wildman–Crippen LogP) is -1.48. The van der Waals surface area contributed by atoms with E-state index in [2.05, 4.69) is 4.74 Å². The molecule has 0 heterocycles. The maximum Gasteiger partial charge on any atom is -1.00 e. The average Bonchev–Trinajstić information content (AvgIpc) is 2.17. The van der Waals surface area contributed by atoms with Crippen LogP contribution in [0.1, 0.15) is 15.9 Å². The SMILES string of the molecule is COC(=O)c1ccc([CH2][Zn+])cc1.[Br-]. The fourth-order valence-corrected chi connectivity index (χ4v) is 1.62. The summed E-state index contributed by atoms with van der Waals surface area (Å²) >= 11 is 1.25. The van der Waals surface area contributed by atoms with Gasteiger partial charge < -0.3 is 17.0 Å². The second-order valence-corrected chi connectivity index (χ2v) is 3.49. The van der Waals surface area contributed by atoms with Gasteiger partial charge in [0.05, 0.1) is 0 Å². The van der Waals surface area contributed by atoms with Gasteiger partial charge in [-0.15, -0.1) is 0 Å². The topological polar surface area (TPSA) is 26.3 Å². The van der Waals surface area contributed by atoms with Gasteiger partial charge in [-0.25, -0.2) is 0 Å². The molecule has 13 heavy (non-hydrogen) atoms.